The minimum Gasteiger partial charge on any atom is -0.481 e. The third kappa shape index (κ3) is 2.39. The van der Waals surface area contributed by atoms with E-state index in [1.165, 1.54) is 0 Å². The van der Waals surface area contributed by atoms with Gasteiger partial charge in [-0.2, -0.15) is 5.10 Å². The lowest BCUT2D eigenvalue weighted by atomic mass is 10.2. The molecule has 0 saturated heterocycles. The molecule has 0 radical (unpaired) electrons. The molecule has 5 nitrogen and oxygen atoms in total. The van der Waals surface area contributed by atoms with E-state index in [1.54, 1.807) is 23.1 Å². The van der Waals surface area contributed by atoms with Crippen molar-refractivity contribution in [3.63, 3.8) is 0 Å². The van der Waals surface area contributed by atoms with Crippen LogP contribution < -0.4 is 10.1 Å². The Morgan fingerprint density at radius 2 is 2.28 bits per heavy atom. The predicted octanol–water partition coefficient (Wildman–Crippen LogP) is 1.97. The normalized spacial score (nSPS) is 10.9. The van der Waals surface area contributed by atoms with Crippen molar-refractivity contribution in [2.75, 3.05) is 13.7 Å². The topological polar surface area (TPSA) is 52.0 Å². The summed E-state index contributed by atoms with van der Waals surface area (Å²) in [6, 6.07) is 0. The van der Waals surface area contributed by atoms with Gasteiger partial charge in [0.15, 0.2) is 0 Å². The van der Waals surface area contributed by atoms with Crippen LogP contribution in [0.3, 0.4) is 0 Å². The predicted molar refractivity (Wildman–Crippen MR) is 73.0 cm³/mol. The highest BCUT2D eigenvalue weighted by molar-refractivity contribution is 7.13. The van der Waals surface area contributed by atoms with Gasteiger partial charge in [-0.05, 0) is 13.5 Å². The second-order valence-electron chi connectivity index (χ2n) is 4.02. The third-order valence-electron chi connectivity index (χ3n) is 2.68. The zero-order valence-corrected chi connectivity index (χ0v) is 12.0. The van der Waals surface area contributed by atoms with Crippen LogP contribution in [-0.4, -0.2) is 28.4 Å². The Hall–Kier alpha value is -1.40. The van der Waals surface area contributed by atoms with E-state index in [9.17, 15) is 0 Å². The lowest BCUT2D eigenvalue weighted by Crippen LogP contribution is -2.11. The average molecular weight is 266 g/mol. The second-order valence-corrected chi connectivity index (χ2v) is 4.88. The summed E-state index contributed by atoms with van der Waals surface area (Å²) in [6.07, 6.45) is 0. The molecule has 1 N–H and O–H groups in total. The van der Waals surface area contributed by atoms with Crippen LogP contribution >= 0.6 is 11.3 Å². The first-order valence-electron chi connectivity index (χ1n) is 5.90. The number of nitrogens with one attached hydrogen (secondary N) is 1. The molecule has 0 amide bonds. The van der Waals surface area contributed by atoms with E-state index < -0.39 is 0 Å². The van der Waals surface area contributed by atoms with Gasteiger partial charge in [-0.25, -0.2) is 9.67 Å². The number of hydrogen-bond donors (Lipinski definition) is 1. The first kappa shape index (κ1) is 13.0. The molecule has 0 bridgehead atoms. The van der Waals surface area contributed by atoms with E-state index in [-0.39, 0.29) is 0 Å². The quantitative estimate of drug-likeness (QED) is 0.899. The zero-order valence-electron chi connectivity index (χ0n) is 11.1. The van der Waals surface area contributed by atoms with Crippen molar-refractivity contribution in [3.8, 4) is 16.5 Å². The van der Waals surface area contributed by atoms with Crippen molar-refractivity contribution < 1.29 is 4.74 Å². The maximum Gasteiger partial charge on any atom is 0.222 e. The van der Waals surface area contributed by atoms with Crippen LogP contribution in [0.4, 0.5) is 0 Å². The van der Waals surface area contributed by atoms with Crippen LogP contribution in [0.25, 0.3) is 10.6 Å². The first-order valence-corrected chi connectivity index (χ1v) is 6.78. The van der Waals surface area contributed by atoms with Gasteiger partial charge in [0.25, 0.3) is 0 Å². The molecule has 2 heterocycles. The van der Waals surface area contributed by atoms with Gasteiger partial charge in [0, 0.05) is 19.0 Å². The SMILES string of the molecule is CCNCc1csc(-c2c(C)nn(C)c2OC)n1. The smallest absolute Gasteiger partial charge is 0.222 e. The molecular weight excluding hydrogens is 248 g/mol. The van der Waals surface area contributed by atoms with Gasteiger partial charge in [0.2, 0.25) is 5.88 Å². The highest BCUT2D eigenvalue weighted by atomic mass is 32.1. The molecular formula is C12H18N4OS. The second kappa shape index (κ2) is 5.49. The highest BCUT2D eigenvalue weighted by Crippen LogP contribution is 2.34. The number of methoxy groups -OCH3 is 1. The van der Waals surface area contributed by atoms with E-state index in [4.69, 9.17) is 4.74 Å². The number of thiazole rings is 1. The largest absolute Gasteiger partial charge is 0.481 e. The molecule has 0 saturated carbocycles. The van der Waals surface area contributed by atoms with E-state index in [1.807, 2.05) is 14.0 Å². The molecule has 0 spiro atoms. The molecule has 0 fully saturated rings. The van der Waals surface area contributed by atoms with Crippen LogP contribution in [0, 0.1) is 6.92 Å². The number of nitrogens with zero attached hydrogens (tertiary/aromatic N) is 3. The van der Waals surface area contributed by atoms with E-state index >= 15 is 0 Å². The van der Waals surface area contributed by atoms with Crippen LogP contribution in [-0.2, 0) is 13.6 Å². The number of aryl methyl sites for hydroxylation is 2. The minimum atomic E-state index is 0.761. The zero-order chi connectivity index (χ0) is 13.1. The summed E-state index contributed by atoms with van der Waals surface area (Å²) in [5, 5.41) is 10.7. The Bertz CT molecular complexity index is 532. The standard InChI is InChI=1S/C12H18N4OS/c1-5-13-6-9-7-18-11(14-9)10-8(2)15-16(3)12(10)17-4/h7,13H,5-6H2,1-4H3. The molecule has 0 atom stereocenters. The molecule has 0 aromatic carbocycles. The fourth-order valence-electron chi connectivity index (χ4n) is 1.87. The number of ether oxygens (including phenoxy) is 1. The van der Waals surface area contributed by atoms with Crippen molar-refractivity contribution in [1.29, 1.82) is 0 Å². The van der Waals surface area contributed by atoms with Crippen molar-refractivity contribution in [2.24, 2.45) is 7.05 Å². The van der Waals surface area contributed by atoms with Crippen LogP contribution in [0.15, 0.2) is 5.38 Å². The lowest BCUT2D eigenvalue weighted by molar-refractivity contribution is 0.375. The molecule has 2 aromatic heterocycles. The molecule has 2 rings (SSSR count). The minimum absolute atomic E-state index is 0.761. The molecule has 98 valence electrons. The van der Waals surface area contributed by atoms with Gasteiger partial charge in [0.05, 0.1) is 24.1 Å². The van der Waals surface area contributed by atoms with E-state index in [2.05, 4.69) is 27.7 Å². The highest BCUT2D eigenvalue weighted by Gasteiger charge is 2.18. The summed E-state index contributed by atoms with van der Waals surface area (Å²) in [6.45, 7) is 5.81. The Kier molecular flexibility index (Phi) is 3.98. The molecule has 6 heteroatoms. The van der Waals surface area contributed by atoms with Crippen molar-refractivity contribution in [2.45, 2.75) is 20.4 Å². The monoisotopic (exact) mass is 266 g/mol. The van der Waals surface area contributed by atoms with E-state index in [0.717, 1.165) is 40.9 Å². The molecule has 0 unspecified atom stereocenters. The van der Waals surface area contributed by atoms with Crippen LogP contribution in [0.1, 0.15) is 18.3 Å². The molecule has 0 aliphatic heterocycles. The van der Waals surface area contributed by atoms with Crippen molar-refractivity contribution in [3.05, 3.63) is 16.8 Å². The van der Waals surface area contributed by atoms with Gasteiger partial charge >= 0.3 is 0 Å². The lowest BCUT2D eigenvalue weighted by Gasteiger charge is -2.01. The Morgan fingerprint density at radius 1 is 1.50 bits per heavy atom. The fourth-order valence-corrected chi connectivity index (χ4v) is 2.78. The summed E-state index contributed by atoms with van der Waals surface area (Å²) in [5.41, 5.74) is 2.99. The van der Waals surface area contributed by atoms with Crippen molar-refractivity contribution >= 4 is 11.3 Å². The maximum absolute atomic E-state index is 5.39. The van der Waals surface area contributed by atoms with Gasteiger partial charge < -0.3 is 10.1 Å². The van der Waals surface area contributed by atoms with Gasteiger partial charge in [-0.1, -0.05) is 6.92 Å². The van der Waals surface area contributed by atoms with E-state index in [0.29, 0.717) is 0 Å². The van der Waals surface area contributed by atoms with Crippen LogP contribution in [0.5, 0.6) is 5.88 Å². The average Bonchev–Trinajstić information content (AvgIpc) is 2.90. The maximum atomic E-state index is 5.39. The van der Waals surface area contributed by atoms with Gasteiger partial charge in [0.1, 0.15) is 5.01 Å². The number of rotatable bonds is 5. The van der Waals surface area contributed by atoms with Crippen LogP contribution in [0.2, 0.25) is 0 Å². The summed E-state index contributed by atoms with van der Waals surface area (Å²) >= 11 is 1.63. The summed E-state index contributed by atoms with van der Waals surface area (Å²) < 4.78 is 7.14. The Labute approximate surface area is 111 Å². The van der Waals surface area contributed by atoms with Gasteiger partial charge in [-0.3, -0.25) is 0 Å². The Morgan fingerprint density at radius 3 is 2.94 bits per heavy atom. The first-order chi connectivity index (χ1) is 8.67. The summed E-state index contributed by atoms with van der Waals surface area (Å²) in [7, 11) is 3.54. The fraction of sp³-hybridized carbons (Fsp3) is 0.500. The molecule has 2 aromatic rings. The Balaban J connectivity index is 2.33. The van der Waals surface area contributed by atoms with Gasteiger partial charge in [-0.15, -0.1) is 11.3 Å². The summed E-state index contributed by atoms with van der Waals surface area (Å²) in [5.74, 6) is 0.761. The number of hydrogen-bond acceptors (Lipinski definition) is 5. The van der Waals surface area contributed by atoms with Crippen molar-refractivity contribution in [1.82, 2.24) is 20.1 Å². The molecule has 18 heavy (non-hydrogen) atoms. The number of aromatic nitrogens is 3. The molecule has 0 aliphatic rings. The molecule has 0 aliphatic carbocycles. The summed E-state index contributed by atoms with van der Waals surface area (Å²) in [4.78, 5) is 4.62. The third-order valence-corrected chi connectivity index (χ3v) is 3.59.